The Labute approximate surface area is 170 Å². The Hall–Kier alpha value is -1.67. The van der Waals surface area contributed by atoms with E-state index in [0.29, 0.717) is 12.0 Å². The van der Waals surface area contributed by atoms with Gasteiger partial charge in [0.05, 0.1) is 0 Å². The van der Waals surface area contributed by atoms with E-state index in [1.54, 1.807) is 6.07 Å². The number of hydrogen-bond donors (Lipinski definition) is 1. The number of imide groups is 1. The quantitative estimate of drug-likeness (QED) is 0.697. The van der Waals surface area contributed by atoms with Crippen molar-refractivity contribution in [2.45, 2.75) is 21.5 Å². The Morgan fingerprint density at radius 3 is 2.57 bits per heavy atom. The van der Waals surface area contributed by atoms with Crippen molar-refractivity contribution in [3.8, 4) is 0 Å². The van der Waals surface area contributed by atoms with E-state index in [4.69, 9.17) is 0 Å². The average Bonchev–Trinajstić information content (AvgIpc) is 3.20. The van der Waals surface area contributed by atoms with E-state index < -0.39 is 38.4 Å². The Kier molecular flexibility index (Phi) is 4.21. The van der Waals surface area contributed by atoms with Crippen molar-refractivity contribution in [1.29, 1.82) is 0 Å². The van der Waals surface area contributed by atoms with Gasteiger partial charge in [0, 0.05) is 0 Å². The first-order chi connectivity index (χ1) is 13.3. The number of thioether (sulfide) groups is 1. The summed E-state index contributed by atoms with van der Waals surface area (Å²) in [5, 5.41) is 1.65. The maximum absolute atomic E-state index is 13.0. The molecule has 3 nitrogen and oxygen atoms in total. The number of halogens is 3. The second-order valence-corrected chi connectivity index (χ2v) is 17.0. The number of carbonyl (C=O) groups is 2. The zero-order valence-corrected chi connectivity index (χ0v) is 18.5. The van der Waals surface area contributed by atoms with Crippen LogP contribution >= 0.6 is 11.8 Å². The third-order valence-electron chi connectivity index (χ3n) is 5.66. The van der Waals surface area contributed by atoms with Gasteiger partial charge in [-0.2, -0.15) is 0 Å². The first kappa shape index (κ1) is 18.4. The normalized spacial score (nSPS) is 22.7. The fraction of sp³-hybridized carbons (Fsp3) is 0.200. The summed E-state index contributed by atoms with van der Waals surface area (Å²) >= 11 is -1.63. The molecular weight excluding hydrogens is 490 g/mol. The standard InChI is InChI=1S/C20H13F3NO2S.In/c21-20(22,23)16-10-4-6-13(11-16)5-3-9-14-7-1-2-8-15(14)12-17-18(25)24-19(26)27-17;/h1-2,4,6,8-12,17H,5H2,(H,24,25,26);. The fourth-order valence-electron chi connectivity index (χ4n) is 4.61. The maximum atomic E-state index is 13.0. The monoisotopic (exact) mass is 503 g/mol. The first-order valence-electron chi connectivity index (χ1n) is 8.84. The number of carbonyl (C=O) groups excluding carboxylic acids is 2. The predicted molar refractivity (Wildman–Crippen MR) is 103 cm³/mol. The SMILES string of the molecule is O=C1NC(=O)C([CH]2c3ccc[c]4c3C=[C](Cc3cccc(C(F)(F)F)c3)[In]42)S1. The Balaban J connectivity index is 1.49. The zero-order valence-electron chi connectivity index (χ0n) is 14.4. The van der Waals surface area contributed by atoms with Gasteiger partial charge >= 0.3 is 171 Å². The molecule has 0 spiro atoms. The molecule has 8 heteroatoms. The Morgan fingerprint density at radius 1 is 1.11 bits per heavy atom. The van der Waals surface area contributed by atoms with Gasteiger partial charge in [0.15, 0.2) is 0 Å². The van der Waals surface area contributed by atoms with Crippen molar-refractivity contribution in [2.75, 3.05) is 0 Å². The minimum atomic E-state index is -4.36. The van der Waals surface area contributed by atoms with Crippen molar-refractivity contribution in [1.82, 2.24) is 5.32 Å². The summed E-state index contributed by atoms with van der Waals surface area (Å²) in [6.45, 7) is 0. The van der Waals surface area contributed by atoms with Crippen molar-refractivity contribution in [3.63, 3.8) is 0 Å². The number of amides is 2. The van der Waals surface area contributed by atoms with Crippen LogP contribution in [0.25, 0.3) is 6.08 Å². The molecule has 2 amide bonds. The van der Waals surface area contributed by atoms with Crippen LogP contribution in [0.3, 0.4) is 0 Å². The third-order valence-corrected chi connectivity index (χ3v) is 18.4. The summed E-state index contributed by atoms with van der Waals surface area (Å²) in [6, 6.07) is 11.6. The number of allylic oxidation sites excluding steroid dienone is 1. The van der Waals surface area contributed by atoms with Gasteiger partial charge in [0.2, 0.25) is 0 Å². The van der Waals surface area contributed by atoms with Crippen LogP contribution in [0.2, 0.25) is 0 Å². The Morgan fingerprint density at radius 2 is 1.89 bits per heavy atom. The molecule has 3 aliphatic rings. The molecule has 0 aromatic heterocycles. The molecular formula is C20H13F3InNO2S. The fourth-order valence-corrected chi connectivity index (χ4v) is 19.0. The molecule has 2 aromatic rings. The number of hydrogen-bond acceptors (Lipinski definition) is 3. The van der Waals surface area contributed by atoms with Crippen molar-refractivity contribution in [3.05, 3.63) is 68.0 Å². The topological polar surface area (TPSA) is 46.2 Å². The van der Waals surface area contributed by atoms with Crippen molar-refractivity contribution >= 4 is 53.7 Å². The molecule has 140 valence electrons. The number of alkyl halides is 3. The zero-order chi connectivity index (χ0) is 19.6. The van der Waals surface area contributed by atoms with E-state index in [1.165, 1.54) is 18.8 Å². The van der Waals surface area contributed by atoms with E-state index in [2.05, 4.69) is 17.5 Å². The van der Waals surface area contributed by atoms with Gasteiger partial charge in [-0.15, -0.1) is 0 Å². The molecule has 1 fully saturated rings. The summed E-state index contributed by atoms with van der Waals surface area (Å²) in [5.41, 5.74) is 2.27. The van der Waals surface area contributed by atoms with Crippen LogP contribution in [0.1, 0.15) is 25.9 Å². The third kappa shape index (κ3) is 2.84. The molecule has 4 bridgehead atoms. The molecule has 2 atom stereocenters. The van der Waals surface area contributed by atoms with E-state index in [-0.39, 0.29) is 14.8 Å². The van der Waals surface area contributed by atoms with Crippen LogP contribution < -0.4 is 8.64 Å². The molecule has 2 unspecified atom stereocenters. The van der Waals surface area contributed by atoms with Crippen LogP contribution in [0, 0.1) is 0 Å². The van der Waals surface area contributed by atoms with Gasteiger partial charge in [0.25, 0.3) is 0 Å². The van der Waals surface area contributed by atoms with E-state index in [0.717, 1.165) is 29.0 Å². The average molecular weight is 503 g/mol. The molecule has 1 N–H and O–H groups in total. The molecule has 5 rings (SSSR count). The molecule has 3 heterocycles. The summed E-state index contributed by atoms with van der Waals surface area (Å²) in [4.78, 5) is 24.0. The molecule has 2 aromatic carbocycles. The number of nitrogens with one attached hydrogen (secondary N) is 1. The molecule has 28 heavy (non-hydrogen) atoms. The van der Waals surface area contributed by atoms with Crippen LogP contribution in [-0.2, 0) is 17.4 Å². The second-order valence-electron chi connectivity index (χ2n) is 7.26. The number of rotatable bonds is 3. The first-order valence-corrected chi connectivity index (χ1v) is 14.9. The van der Waals surface area contributed by atoms with Gasteiger partial charge < -0.3 is 0 Å². The number of benzene rings is 2. The predicted octanol–water partition coefficient (Wildman–Crippen LogP) is 3.57. The second kappa shape index (κ2) is 6.42. The molecule has 0 aliphatic carbocycles. The van der Waals surface area contributed by atoms with Crippen LogP contribution in [0.5, 0.6) is 0 Å². The summed E-state index contributed by atoms with van der Waals surface area (Å²) < 4.78 is 41.7. The molecule has 1 saturated heterocycles. The van der Waals surface area contributed by atoms with Crippen LogP contribution in [0.15, 0.2) is 45.8 Å². The van der Waals surface area contributed by atoms with E-state index in [9.17, 15) is 22.8 Å². The summed E-state index contributed by atoms with van der Waals surface area (Å²) in [5.74, 6) is -0.240. The van der Waals surface area contributed by atoms with Crippen LogP contribution in [0.4, 0.5) is 18.0 Å². The van der Waals surface area contributed by atoms with Gasteiger partial charge in [-0.25, -0.2) is 0 Å². The minimum absolute atomic E-state index is 0.0454. The van der Waals surface area contributed by atoms with Gasteiger partial charge in [0.1, 0.15) is 0 Å². The van der Waals surface area contributed by atoms with Gasteiger partial charge in [-0.3, -0.25) is 0 Å². The summed E-state index contributed by atoms with van der Waals surface area (Å²) in [6.07, 6.45) is -1.76. The van der Waals surface area contributed by atoms with E-state index in [1.807, 2.05) is 12.1 Å². The molecule has 0 saturated carbocycles. The van der Waals surface area contributed by atoms with Crippen molar-refractivity contribution in [2.24, 2.45) is 0 Å². The van der Waals surface area contributed by atoms with Gasteiger partial charge in [-0.1, -0.05) is 0 Å². The van der Waals surface area contributed by atoms with Crippen molar-refractivity contribution < 1.29 is 22.8 Å². The van der Waals surface area contributed by atoms with Crippen LogP contribution in [-0.4, -0.2) is 37.8 Å². The summed E-state index contributed by atoms with van der Waals surface area (Å²) in [7, 11) is 0. The van der Waals surface area contributed by atoms with Gasteiger partial charge in [-0.05, 0) is 0 Å². The Bertz CT molecular complexity index is 1070. The molecule has 3 aliphatic heterocycles. The van der Waals surface area contributed by atoms with E-state index >= 15 is 0 Å². The molecule has 0 radical (unpaired) electrons.